The number of esters is 1. The van der Waals surface area contributed by atoms with Gasteiger partial charge in [-0.05, 0) is 80.5 Å². The van der Waals surface area contributed by atoms with Crippen molar-refractivity contribution in [3.05, 3.63) is 63.9 Å². The van der Waals surface area contributed by atoms with E-state index in [1.165, 1.54) is 14.2 Å². The van der Waals surface area contributed by atoms with Crippen molar-refractivity contribution in [1.82, 2.24) is 25.1 Å². The van der Waals surface area contributed by atoms with Gasteiger partial charge in [0, 0.05) is 53.3 Å². The number of methoxy groups -OCH3 is 2. The molecule has 3 amide bonds. The number of amides is 3. The second-order valence-corrected chi connectivity index (χ2v) is 16.2. The molecule has 2 saturated heterocycles. The number of aryl methyl sites for hydroxylation is 1. The number of hydrogen-bond donors (Lipinski definition) is 2. The summed E-state index contributed by atoms with van der Waals surface area (Å²) in [6, 6.07) is 6.65. The van der Waals surface area contributed by atoms with Gasteiger partial charge in [0.05, 0.1) is 38.6 Å². The molecular weight excluding hydrogens is 709 g/mol. The van der Waals surface area contributed by atoms with Crippen LogP contribution in [0.5, 0.6) is 0 Å². The quantitative estimate of drug-likeness (QED) is 0.237. The highest BCUT2D eigenvalue weighted by molar-refractivity contribution is 5.99. The lowest BCUT2D eigenvalue weighted by Gasteiger charge is -2.30. The van der Waals surface area contributed by atoms with Crippen LogP contribution in [0.2, 0.25) is 0 Å². The predicted octanol–water partition coefficient (Wildman–Crippen LogP) is 5.95. The number of imidazole rings is 1. The lowest BCUT2D eigenvalue weighted by molar-refractivity contribution is -0.148. The van der Waals surface area contributed by atoms with Crippen molar-refractivity contribution < 1.29 is 28.7 Å². The summed E-state index contributed by atoms with van der Waals surface area (Å²) >= 11 is 0. The smallest absolute Gasteiger partial charge is 0.407 e. The number of H-pyrrole nitrogens is 1. The van der Waals surface area contributed by atoms with E-state index in [0.29, 0.717) is 36.9 Å². The van der Waals surface area contributed by atoms with Crippen LogP contribution < -0.4 is 5.32 Å². The van der Waals surface area contributed by atoms with Crippen LogP contribution in [0.15, 0.2) is 40.5 Å². The molecule has 2 aromatic rings. The van der Waals surface area contributed by atoms with E-state index in [-0.39, 0.29) is 54.0 Å². The second-order valence-electron chi connectivity index (χ2n) is 16.2. The molecule has 2 N–H and O–H groups in total. The van der Waals surface area contributed by atoms with Crippen molar-refractivity contribution in [2.45, 2.75) is 99.2 Å². The molecule has 3 aliphatic heterocycles. The zero-order valence-electron chi connectivity index (χ0n) is 34.4. The minimum atomic E-state index is -0.712. The molecule has 6 atom stereocenters. The molecule has 298 valence electrons. The number of ether oxygens (including phenoxy) is 2. The van der Waals surface area contributed by atoms with Crippen molar-refractivity contribution in [1.29, 1.82) is 0 Å². The van der Waals surface area contributed by atoms with Gasteiger partial charge < -0.3 is 29.6 Å². The zero-order chi connectivity index (χ0) is 40.8. The molecular formula is C44H56N6O6. The summed E-state index contributed by atoms with van der Waals surface area (Å²) in [6.07, 6.45) is 1.60. The fraction of sp³-hybridized carbons (Fsp3) is 0.545. The van der Waals surface area contributed by atoms with Gasteiger partial charge in [-0.2, -0.15) is 0 Å². The van der Waals surface area contributed by atoms with Crippen LogP contribution >= 0.6 is 0 Å². The molecule has 0 aliphatic carbocycles. The lowest BCUT2D eigenvalue weighted by Crippen LogP contribution is -2.51. The van der Waals surface area contributed by atoms with Gasteiger partial charge in [0.2, 0.25) is 11.8 Å². The van der Waals surface area contributed by atoms with Crippen LogP contribution in [0.4, 0.5) is 4.79 Å². The first kappa shape index (κ1) is 41.8. The van der Waals surface area contributed by atoms with Gasteiger partial charge in [-0.3, -0.25) is 19.4 Å². The van der Waals surface area contributed by atoms with Crippen LogP contribution in [0.1, 0.15) is 109 Å². The highest BCUT2D eigenvalue weighted by Gasteiger charge is 2.42. The summed E-state index contributed by atoms with van der Waals surface area (Å²) < 4.78 is 9.65. The molecule has 0 bridgehead atoms. The average Bonchev–Trinajstić information content (AvgIpc) is 3.95. The summed E-state index contributed by atoms with van der Waals surface area (Å²) in [5, 5.41) is 2.70. The Hall–Kier alpha value is -5.36. The summed E-state index contributed by atoms with van der Waals surface area (Å²) in [5.74, 6) is 13.2. The second kappa shape index (κ2) is 18.1. The van der Waals surface area contributed by atoms with E-state index in [1.54, 1.807) is 4.90 Å². The molecule has 0 spiro atoms. The third-order valence-corrected chi connectivity index (χ3v) is 11.0. The molecule has 3 aliphatic rings. The number of carbonyl (C=O) groups excluding carboxylic acids is 4. The maximum Gasteiger partial charge on any atom is 0.407 e. The number of aliphatic imine (C=N–C) groups is 1. The van der Waals surface area contributed by atoms with E-state index < -0.39 is 18.1 Å². The van der Waals surface area contributed by atoms with Crippen LogP contribution in [0.3, 0.4) is 0 Å². The summed E-state index contributed by atoms with van der Waals surface area (Å²) in [4.78, 5) is 68.3. The van der Waals surface area contributed by atoms with E-state index >= 15 is 0 Å². The van der Waals surface area contributed by atoms with Gasteiger partial charge in [-0.15, -0.1) is 0 Å². The van der Waals surface area contributed by atoms with E-state index in [4.69, 9.17) is 19.5 Å². The number of aromatic nitrogens is 2. The maximum atomic E-state index is 13.8. The first-order valence-electron chi connectivity index (χ1n) is 19.6. The van der Waals surface area contributed by atoms with Crippen LogP contribution in [0, 0.1) is 60.2 Å². The first-order valence-corrected chi connectivity index (χ1v) is 19.6. The Labute approximate surface area is 331 Å². The summed E-state index contributed by atoms with van der Waals surface area (Å²) in [7, 11) is 2.64. The molecule has 56 heavy (non-hydrogen) atoms. The molecule has 4 heterocycles. The zero-order valence-corrected chi connectivity index (χ0v) is 34.4. The van der Waals surface area contributed by atoms with Crippen LogP contribution in [-0.2, 0) is 23.9 Å². The molecule has 1 aromatic heterocycles. The molecule has 0 saturated carbocycles. The number of carbonyl (C=O) groups is 4. The molecule has 12 heteroatoms. The summed E-state index contributed by atoms with van der Waals surface area (Å²) in [5.41, 5.74) is 5.84. The fourth-order valence-corrected chi connectivity index (χ4v) is 7.75. The van der Waals surface area contributed by atoms with E-state index in [0.717, 1.165) is 46.6 Å². The van der Waals surface area contributed by atoms with Crippen molar-refractivity contribution >= 4 is 29.6 Å². The summed E-state index contributed by atoms with van der Waals surface area (Å²) in [6.45, 7) is 17.1. The SMILES string of the molecule is COC(=O)C[C@H](C(=O)N1C[C@H](C)C[C@H]1C1=NC(C)=C(C#Cc2ccc(C#Cc3nc([C@@H]4C[C@@H](C)CN4C(=O)[C@@H](NC(=O)OC)C(C)C)[nH]c3C)cc2)C1)C(C)C. The van der Waals surface area contributed by atoms with Crippen LogP contribution in [-0.4, -0.2) is 88.7 Å². The number of rotatable bonds is 9. The Morgan fingerprint density at radius 1 is 0.839 bits per heavy atom. The highest BCUT2D eigenvalue weighted by atomic mass is 16.5. The van der Waals surface area contributed by atoms with Gasteiger partial charge in [0.1, 0.15) is 17.6 Å². The van der Waals surface area contributed by atoms with Gasteiger partial charge in [0.15, 0.2) is 0 Å². The van der Waals surface area contributed by atoms with Crippen molar-refractivity contribution in [2.24, 2.45) is 34.6 Å². The van der Waals surface area contributed by atoms with E-state index in [2.05, 4.69) is 47.8 Å². The third-order valence-electron chi connectivity index (χ3n) is 11.0. The molecule has 1 aromatic carbocycles. The Morgan fingerprint density at radius 2 is 1.43 bits per heavy atom. The van der Waals surface area contributed by atoms with E-state index in [9.17, 15) is 19.2 Å². The number of likely N-dealkylation sites (tertiary alicyclic amines) is 2. The predicted molar refractivity (Wildman–Crippen MR) is 214 cm³/mol. The fourth-order valence-electron chi connectivity index (χ4n) is 7.75. The Balaban J connectivity index is 1.24. The number of alkyl carbamates (subject to hydrolysis) is 1. The number of allylic oxidation sites excluding steroid dienone is 2. The largest absolute Gasteiger partial charge is 0.469 e. The number of hydrogen-bond acceptors (Lipinski definition) is 8. The van der Waals surface area contributed by atoms with Gasteiger partial charge in [-0.1, -0.05) is 59.3 Å². The van der Waals surface area contributed by atoms with Gasteiger partial charge in [0.25, 0.3) is 0 Å². The number of nitrogens with one attached hydrogen (secondary N) is 2. The molecule has 12 nitrogen and oxygen atoms in total. The number of aromatic amines is 1. The standard InChI is InChI=1S/C44H56N6O6/c1-25(2)34(22-39(51)55-9)42(52)49-23-27(5)19-37(49)36-21-33(29(7)45-36)17-15-31-11-13-32(14-12-31)16-18-35-30(8)46-41(47-35)38-20-28(6)24-50(38)43(53)40(26(3)4)48-44(54)56-10/h11-14,25-28,34,37-38,40H,19-24H2,1-10H3,(H,46,47)(H,48,54)/t27-,28-,34+,37+,38+,40+/m1/s1. The monoisotopic (exact) mass is 764 g/mol. The van der Waals surface area contributed by atoms with E-state index in [1.807, 2.05) is 70.7 Å². The Kier molecular flexibility index (Phi) is 13.5. The first-order chi connectivity index (χ1) is 26.6. The number of benzene rings is 1. The molecule has 2 fully saturated rings. The highest BCUT2D eigenvalue weighted by Crippen LogP contribution is 2.36. The number of nitrogens with zero attached hydrogens (tertiary/aromatic N) is 4. The average molecular weight is 765 g/mol. The molecule has 5 rings (SSSR count). The maximum absolute atomic E-state index is 13.8. The van der Waals surface area contributed by atoms with Crippen LogP contribution in [0.25, 0.3) is 0 Å². The van der Waals surface area contributed by atoms with Gasteiger partial charge >= 0.3 is 12.1 Å². The Morgan fingerprint density at radius 3 is 2.00 bits per heavy atom. The third kappa shape index (κ3) is 9.71. The van der Waals surface area contributed by atoms with Crippen molar-refractivity contribution in [3.8, 4) is 23.7 Å². The van der Waals surface area contributed by atoms with Crippen molar-refractivity contribution in [3.63, 3.8) is 0 Å². The minimum Gasteiger partial charge on any atom is -0.469 e. The lowest BCUT2D eigenvalue weighted by atomic mass is 9.90. The minimum absolute atomic E-state index is 0.00287. The van der Waals surface area contributed by atoms with Crippen molar-refractivity contribution in [2.75, 3.05) is 27.3 Å². The molecule has 0 radical (unpaired) electrons. The molecule has 0 unspecified atom stereocenters. The van der Waals surface area contributed by atoms with Gasteiger partial charge in [-0.25, -0.2) is 9.78 Å². The topological polar surface area (TPSA) is 146 Å². The normalized spacial score (nSPS) is 21.6. The Bertz CT molecular complexity index is 2010.